The second-order valence-electron chi connectivity index (χ2n) is 5.71. The molecule has 1 saturated carbocycles. The van der Waals surface area contributed by atoms with Gasteiger partial charge in [0.2, 0.25) is 0 Å². The number of aromatic carboxylic acids is 1. The van der Waals surface area contributed by atoms with Crippen LogP contribution >= 0.6 is 0 Å². The first kappa shape index (κ1) is 15.3. The van der Waals surface area contributed by atoms with Crippen LogP contribution in [0.5, 0.6) is 0 Å². The highest BCUT2D eigenvalue weighted by molar-refractivity contribution is 5.93. The fraction of sp³-hybridized carbons (Fsp3) is 0.533. The van der Waals surface area contributed by atoms with Crippen molar-refractivity contribution in [2.45, 2.75) is 39.0 Å². The first-order chi connectivity index (χ1) is 9.97. The highest BCUT2D eigenvalue weighted by atomic mass is 16.6. The molecule has 0 atom stereocenters. The summed E-state index contributed by atoms with van der Waals surface area (Å²) in [6.07, 6.45) is 5.90. The Morgan fingerprint density at radius 1 is 1.43 bits per heavy atom. The molecule has 1 aromatic carbocycles. The number of nitro groups is 1. The third-order valence-electron chi connectivity index (χ3n) is 4.51. The van der Waals surface area contributed by atoms with E-state index in [1.807, 2.05) is 0 Å². The Morgan fingerprint density at radius 3 is 2.62 bits per heavy atom. The van der Waals surface area contributed by atoms with Crippen LogP contribution in [-0.2, 0) is 0 Å². The molecule has 1 aromatic rings. The molecule has 0 heterocycles. The Morgan fingerprint density at radius 2 is 2.10 bits per heavy atom. The van der Waals surface area contributed by atoms with Gasteiger partial charge < -0.3 is 10.4 Å². The number of carbonyl (C=O) groups is 1. The van der Waals surface area contributed by atoms with E-state index >= 15 is 0 Å². The molecule has 1 aliphatic rings. The Labute approximate surface area is 123 Å². The van der Waals surface area contributed by atoms with Crippen LogP contribution in [0.15, 0.2) is 18.2 Å². The van der Waals surface area contributed by atoms with Crippen molar-refractivity contribution in [2.75, 3.05) is 11.9 Å². The molecule has 0 bridgehead atoms. The minimum Gasteiger partial charge on any atom is -0.477 e. The zero-order valence-corrected chi connectivity index (χ0v) is 12.1. The summed E-state index contributed by atoms with van der Waals surface area (Å²) in [5, 5.41) is 23.2. The topological polar surface area (TPSA) is 92.5 Å². The van der Waals surface area contributed by atoms with Crippen LogP contribution in [0, 0.1) is 15.5 Å². The van der Waals surface area contributed by atoms with E-state index in [9.17, 15) is 14.9 Å². The zero-order valence-electron chi connectivity index (χ0n) is 12.1. The molecule has 0 aliphatic heterocycles. The van der Waals surface area contributed by atoms with Crippen LogP contribution in [0.3, 0.4) is 0 Å². The van der Waals surface area contributed by atoms with Gasteiger partial charge >= 0.3 is 5.97 Å². The Balaban J connectivity index is 2.15. The average Bonchev–Trinajstić information content (AvgIpc) is 2.94. The van der Waals surface area contributed by atoms with Gasteiger partial charge in [-0.3, -0.25) is 10.1 Å². The predicted octanol–water partition coefficient (Wildman–Crippen LogP) is 3.68. The van der Waals surface area contributed by atoms with E-state index < -0.39 is 10.9 Å². The zero-order chi connectivity index (χ0) is 15.5. The van der Waals surface area contributed by atoms with Gasteiger partial charge in [-0.15, -0.1) is 0 Å². The SMILES string of the molecule is CCC1(CNc2ccc([N+](=O)[O-])c(C(=O)O)c2)CCCC1. The van der Waals surface area contributed by atoms with Crippen LogP contribution in [-0.4, -0.2) is 22.5 Å². The number of hydrogen-bond acceptors (Lipinski definition) is 4. The smallest absolute Gasteiger partial charge is 0.342 e. The number of nitrogens with zero attached hydrogens (tertiary/aromatic N) is 1. The van der Waals surface area contributed by atoms with Gasteiger partial charge in [0.25, 0.3) is 5.69 Å². The van der Waals surface area contributed by atoms with E-state index in [1.54, 1.807) is 6.07 Å². The molecule has 1 fully saturated rings. The number of nitrogens with one attached hydrogen (secondary N) is 1. The van der Waals surface area contributed by atoms with Crippen molar-refractivity contribution in [3.63, 3.8) is 0 Å². The van der Waals surface area contributed by atoms with Gasteiger partial charge in [0.15, 0.2) is 0 Å². The van der Waals surface area contributed by atoms with Gasteiger partial charge in [-0.2, -0.15) is 0 Å². The molecular formula is C15H20N2O4. The second kappa shape index (κ2) is 6.11. The van der Waals surface area contributed by atoms with Crippen LogP contribution in [0.4, 0.5) is 11.4 Å². The van der Waals surface area contributed by atoms with E-state index in [2.05, 4.69) is 12.2 Å². The molecule has 21 heavy (non-hydrogen) atoms. The first-order valence-corrected chi connectivity index (χ1v) is 7.23. The molecule has 0 saturated heterocycles. The molecule has 0 aromatic heterocycles. The highest BCUT2D eigenvalue weighted by Crippen LogP contribution is 2.41. The fourth-order valence-corrected chi connectivity index (χ4v) is 3.05. The minimum absolute atomic E-state index is 0.269. The van der Waals surface area contributed by atoms with E-state index in [4.69, 9.17) is 5.11 Å². The van der Waals surface area contributed by atoms with Crippen LogP contribution in [0.25, 0.3) is 0 Å². The molecule has 114 valence electrons. The summed E-state index contributed by atoms with van der Waals surface area (Å²) in [7, 11) is 0. The molecular weight excluding hydrogens is 272 g/mol. The summed E-state index contributed by atoms with van der Waals surface area (Å²) in [5.41, 5.74) is 0.240. The molecule has 1 aliphatic carbocycles. The van der Waals surface area contributed by atoms with E-state index in [1.165, 1.54) is 37.8 Å². The van der Waals surface area contributed by atoms with Gasteiger partial charge in [0.1, 0.15) is 5.56 Å². The van der Waals surface area contributed by atoms with Crippen LogP contribution < -0.4 is 5.32 Å². The molecule has 2 rings (SSSR count). The summed E-state index contributed by atoms with van der Waals surface area (Å²) < 4.78 is 0. The van der Waals surface area contributed by atoms with Crippen molar-refractivity contribution in [2.24, 2.45) is 5.41 Å². The lowest BCUT2D eigenvalue weighted by Gasteiger charge is -2.28. The minimum atomic E-state index is -1.28. The van der Waals surface area contributed by atoms with Crippen LogP contribution in [0.2, 0.25) is 0 Å². The summed E-state index contributed by atoms with van der Waals surface area (Å²) >= 11 is 0. The van der Waals surface area contributed by atoms with Gasteiger partial charge in [0, 0.05) is 18.3 Å². The van der Waals surface area contributed by atoms with Crippen molar-refractivity contribution >= 4 is 17.3 Å². The summed E-state index contributed by atoms with van der Waals surface area (Å²) in [4.78, 5) is 21.3. The Hall–Kier alpha value is -2.11. The number of carboxylic acid groups (broad SMARTS) is 1. The van der Waals surface area contributed by atoms with Gasteiger partial charge in [-0.1, -0.05) is 19.8 Å². The highest BCUT2D eigenvalue weighted by Gasteiger charge is 2.31. The molecule has 0 spiro atoms. The lowest BCUT2D eigenvalue weighted by molar-refractivity contribution is -0.385. The molecule has 0 radical (unpaired) electrons. The summed E-state index contributed by atoms with van der Waals surface area (Å²) in [6.45, 7) is 2.95. The lowest BCUT2D eigenvalue weighted by atomic mass is 9.83. The van der Waals surface area contributed by atoms with Crippen molar-refractivity contribution in [3.05, 3.63) is 33.9 Å². The molecule has 6 heteroatoms. The summed E-state index contributed by atoms with van der Waals surface area (Å²) in [5.74, 6) is -1.28. The predicted molar refractivity (Wildman–Crippen MR) is 79.7 cm³/mol. The van der Waals surface area contributed by atoms with E-state index in [0.29, 0.717) is 5.69 Å². The molecule has 2 N–H and O–H groups in total. The van der Waals surface area contributed by atoms with E-state index in [0.717, 1.165) is 13.0 Å². The van der Waals surface area contributed by atoms with Crippen molar-refractivity contribution in [1.82, 2.24) is 0 Å². The maximum Gasteiger partial charge on any atom is 0.342 e. The number of nitro benzene ring substituents is 1. The Bertz CT molecular complexity index is 551. The quantitative estimate of drug-likeness (QED) is 0.616. The number of anilines is 1. The standard InChI is InChI=1S/C15H20N2O4/c1-2-15(7-3-4-8-15)10-16-11-5-6-13(17(20)21)12(9-11)14(18)19/h5-6,9,16H,2-4,7-8,10H2,1H3,(H,18,19). The van der Waals surface area contributed by atoms with Gasteiger partial charge in [-0.05, 0) is 36.8 Å². The lowest BCUT2D eigenvalue weighted by Crippen LogP contribution is -2.26. The number of carboxylic acids is 1. The maximum atomic E-state index is 11.1. The third-order valence-corrected chi connectivity index (χ3v) is 4.51. The summed E-state index contributed by atoms with van der Waals surface area (Å²) in [6, 6.07) is 4.17. The van der Waals surface area contributed by atoms with Crippen LogP contribution in [0.1, 0.15) is 49.4 Å². The first-order valence-electron chi connectivity index (χ1n) is 7.23. The van der Waals surface area contributed by atoms with Crippen molar-refractivity contribution in [3.8, 4) is 0 Å². The molecule has 6 nitrogen and oxygen atoms in total. The fourth-order valence-electron chi connectivity index (χ4n) is 3.05. The van der Waals surface area contributed by atoms with Crippen molar-refractivity contribution in [1.29, 1.82) is 0 Å². The van der Waals surface area contributed by atoms with Gasteiger partial charge in [0.05, 0.1) is 4.92 Å². The monoisotopic (exact) mass is 292 g/mol. The normalized spacial score (nSPS) is 16.6. The largest absolute Gasteiger partial charge is 0.477 e. The van der Waals surface area contributed by atoms with E-state index in [-0.39, 0.29) is 16.7 Å². The Kier molecular flexibility index (Phi) is 4.45. The maximum absolute atomic E-state index is 11.1. The third kappa shape index (κ3) is 3.32. The number of rotatable bonds is 6. The number of benzene rings is 1. The van der Waals surface area contributed by atoms with Crippen molar-refractivity contribution < 1.29 is 14.8 Å². The molecule has 0 amide bonds. The van der Waals surface area contributed by atoms with Gasteiger partial charge in [-0.25, -0.2) is 4.79 Å². The average molecular weight is 292 g/mol. The second-order valence-corrected chi connectivity index (χ2v) is 5.71. The number of hydrogen-bond donors (Lipinski definition) is 2. The molecule has 0 unspecified atom stereocenters.